The van der Waals surface area contributed by atoms with E-state index >= 15 is 0 Å². The number of hydrogen-bond acceptors (Lipinski definition) is 5. The van der Waals surface area contributed by atoms with Crippen molar-refractivity contribution in [1.82, 2.24) is 14.8 Å². The van der Waals surface area contributed by atoms with Crippen molar-refractivity contribution in [2.75, 3.05) is 11.1 Å². The number of anilines is 1. The lowest BCUT2D eigenvalue weighted by molar-refractivity contribution is -0.113. The SMILES string of the molecule is C=CCn1c(SCC(=O)Nc2ccc(C)c(C)c2)nnc1C(C)Oc1ccc(CC)cc1. The zero-order chi connectivity index (χ0) is 23.1. The molecule has 1 unspecified atom stereocenters. The number of thioether (sulfide) groups is 1. The van der Waals surface area contributed by atoms with Gasteiger partial charge in [0.25, 0.3) is 0 Å². The summed E-state index contributed by atoms with van der Waals surface area (Å²) in [6, 6.07) is 13.9. The number of nitrogens with one attached hydrogen (secondary N) is 1. The van der Waals surface area contributed by atoms with Gasteiger partial charge in [-0.3, -0.25) is 9.36 Å². The maximum atomic E-state index is 12.5. The van der Waals surface area contributed by atoms with E-state index in [1.165, 1.54) is 22.9 Å². The Kier molecular flexibility index (Phi) is 8.11. The fourth-order valence-electron chi connectivity index (χ4n) is 3.22. The maximum Gasteiger partial charge on any atom is 0.234 e. The molecule has 1 aromatic heterocycles. The van der Waals surface area contributed by atoms with Crippen molar-refractivity contribution < 1.29 is 9.53 Å². The smallest absolute Gasteiger partial charge is 0.234 e. The molecule has 1 amide bonds. The number of aryl methyl sites for hydroxylation is 3. The van der Waals surface area contributed by atoms with Crippen LogP contribution >= 0.6 is 11.8 Å². The molecule has 3 rings (SSSR count). The predicted molar refractivity (Wildman–Crippen MR) is 130 cm³/mol. The number of amides is 1. The highest BCUT2D eigenvalue weighted by atomic mass is 32.2. The van der Waals surface area contributed by atoms with Gasteiger partial charge in [-0.05, 0) is 68.1 Å². The molecule has 0 aliphatic rings. The molecule has 7 heteroatoms. The second-order valence-corrected chi connectivity index (χ2v) is 8.58. The molecule has 0 saturated carbocycles. The summed E-state index contributed by atoms with van der Waals surface area (Å²) in [5.74, 6) is 1.62. The molecule has 0 aliphatic heterocycles. The van der Waals surface area contributed by atoms with Crippen LogP contribution in [0.25, 0.3) is 0 Å². The van der Waals surface area contributed by atoms with Crippen LogP contribution in [0, 0.1) is 13.8 Å². The largest absolute Gasteiger partial charge is 0.483 e. The van der Waals surface area contributed by atoms with E-state index in [1.54, 1.807) is 6.08 Å². The second-order valence-electron chi connectivity index (χ2n) is 7.63. The van der Waals surface area contributed by atoms with Crippen molar-refractivity contribution in [1.29, 1.82) is 0 Å². The molecular weight excluding hydrogens is 420 g/mol. The summed E-state index contributed by atoms with van der Waals surface area (Å²) in [7, 11) is 0. The van der Waals surface area contributed by atoms with Gasteiger partial charge in [-0.15, -0.1) is 16.8 Å². The number of allylic oxidation sites excluding steroid dienone is 1. The number of nitrogens with zero attached hydrogens (tertiary/aromatic N) is 3. The van der Waals surface area contributed by atoms with Crippen LogP contribution in [-0.4, -0.2) is 26.4 Å². The predicted octanol–water partition coefficient (Wildman–Crippen LogP) is 5.51. The first kappa shape index (κ1) is 23.6. The molecule has 0 saturated heterocycles. The average molecular weight is 451 g/mol. The van der Waals surface area contributed by atoms with Gasteiger partial charge in [-0.25, -0.2) is 0 Å². The molecular formula is C25H30N4O2S. The Morgan fingerprint density at radius 1 is 1.19 bits per heavy atom. The van der Waals surface area contributed by atoms with Crippen molar-refractivity contribution in [3.05, 3.63) is 77.6 Å². The summed E-state index contributed by atoms with van der Waals surface area (Å²) < 4.78 is 8.02. The first-order valence-corrected chi connectivity index (χ1v) is 11.7. The van der Waals surface area contributed by atoms with Crippen LogP contribution in [0.15, 0.2) is 60.3 Å². The Bertz CT molecular complexity index is 1080. The van der Waals surface area contributed by atoms with Crippen molar-refractivity contribution in [3.63, 3.8) is 0 Å². The number of carbonyl (C=O) groups excluding carboxylic acids is 1. The van der Waals surface area contributed by atoms with Gasteiger partial charge in [0, 0.05) is 12.2 Å². The lowest BCUT2D eigenvalue weighted by Gasteiger charge is -2.16. The summed E-state index contributed by atoms with van der Waals surface area (Å²) >= 11 is 1.35. The van der Waals surface area contributed by atoms with Crippen molar-refractivity contribution in [2.45, 2.75) is 51.9 Å². The Balaban J connectivity index is 1.65. The zero-order valence-electron chi connectivity index (χ0n) is 19.1. The number of rotatable bonds is 10. The summed E-state index contributed by atoms with van der Waals surface area (Å²) in [4.78, 5) is 12.5. The van der Waals surface area contributed by atoms with E-state index in [4.69, 9.17) is 4.74 Å². The van der Waals surface area contributed by atoms with E-state index in [1.807, 2.05) is 55.7 Å². The van der Waals surface area contributed by atoms with E-state index in [0.717, 1.165) is 23.4 Å². The molecule has 3 aromatic rings. The molecule has 32 heavy (non-hydrogen) atoms. The highest BCUT2D eigenvalue weighted by Gasteiger charge is 2.20. The second kappa shape index (κ2) is 11.0. The normalized spacial score (nSPS) is 11.8. The van der Waals surface area contributed by atoms with E-state index in [9.17, 15) is 4.79 Å². The van der Waals surface area contributed by atoms with E-state index in [-0.39, 0.29) is 17.8 Å². The van der Waals surface area contributed by atoms with E-state index in [0.29, 0.717) is 17.5 Å². The minimum absolute atomic E-state index is 0.0896. The topological polar surface area (TPSA) is 69.0 Å². The lowest BCUT2D eigenvalue weighted by Crippen LogP contribution is -2.15. The van der Waals surface area contributed by atoms with Crippen LogP contribution in [0.3, 0.4) is 0 Å². The summed E-state index contributed by atoms with van der Waals surface area (Å²) in [5.41, 5.74) is 4.39. The average Bonchev–Trinajstić information content (AvgIpc) is 3.18. The number of aromatic nitrogens is 3. The number of benzene rings is 2. The van der Waals surface area contributed by atoms with Gasteiger partial charge in [0.2, 0.25) is 5.91 Å². The summed E-state index contributed by atoms with van der Waals surface area (Å²) in [5, 5.41) is 12.2. The van der Waals surface area contributed by atoms with E-state index in [2.05, 4.69) is 41.1 Å². The van der Waals surface area contributed by atoms with Crippen LogP contribution in [0.1, 0.15) is 42.5 Å². The van der Waals surface area contributed by atoms with Crippen LogP contribution in [-0.2, 0) is 17.8 Å². The molecule has 0 bridgehead atoms. The lowest BCUT2D eigenvalue weighted by atomic mass is 10.1. The molecule has 1 N–H and O–H groups in total. The highest BCUT2D eigenvalue weighted by molar-refractivity contribution is 7.99. The Morgan fingerprint density at radius 3 is 2.59 bits per heavy atom. The first-order valence-electron chi connectivity index (χ1n) is 10.7. The number of ether oxygens (including phenoxy) is 1. The van der Waals surface area contributed by atoms with Gasteiger partial charge in [0.1, 0.15) is 5.75 Å². The number of hydrogen-bond donors (Lipinski definition) is 1. The standard InChI is InChI=1S/C25H30N4O2S/c1-6-14-29-24(19(5)31-22-12-9-20(7-2)10-13-22)27-28-25(29)32-16-23(30)26-21-11-8-17(3)18(4)15-21/h6,8-13,15,19H,1,7,14,16H2,2-5H3,(H,26,30). The van der Waals surface area contributed by atoms with Crippen molar-refractivity contribution in [2.24, 2.45) is 0 Å². The van der Waals surface area contributed by atoms with Gasteiger partial charge >= 0.3 is 0 Å². The summed E-state index contributed by atoms with van der Waals surface area (Å²) in [6.07, 6.45) is 2.48. The molecule has 1 atom stereocenters. The van der Waals surface area contributed by atoms with Crippen LogP contribution in [0.4, 0.5) is 5.69 Å². The third kappa shape index (κ3) is 6.01. The highest BCUT2D eigenvalue weighted by Crippen LogP contribution is 2.25. The minimum atomic E-state index is -0.298. The van der Waals surface area contributed by atoms with Crippen LogP contribution in [0.5, 0.6) is 5.75 Å². The van der Waals surface area contributed by atoms with Gasteiger partial charge in [0.05, 0.1) is 5.75 Å². The van der Waals surface area contributed by atoms with Crippen LogP contribution < -0.4 is 10.1 Å². The molecule has 1 heterocycles. The van der Waals surface area contributed by atoms with E-state index < -0.39 is 0 Å². The maximum absolute atomic E-state index is 12.5. The monoisotopic (exact) mass is 450 g/mol. The zero-order valence-corrected chi connectivity index (χ0v) is 19.9. The van der Waals surface area contributed by atoms with Crippen LogP contribution in [0.2, 0.25) is 0 Å². The quantitative estimate of drug-likeness (QED) is 0.326. The van der Waals surface area contributed by atoms with Gasteiger partial charge in [-0.1, -0.05) is 43.0 Å². The van der Waals surface area contributed by atoms with Crippen molar-refractivity contribution in [3.8, 4) is 5.75 Å². The molecule has 0 radical (unpaired) electrons. The molecule has 0 spiro atoms. The Morgan fingerprint density at radius 2 is 1.94 bits per heavy atom. The molecule has 0 fully saturated rings. The molecule has 2 aromatic carbocycles. The number of carbonyl (C=O) groups is 1. The van der Waals surface area contributed by atoms with Crippen molar-refractivity contribution >= 4 is 23.4 Å². The fourth-order valence-corrected chi connectivity index (χ4v) is 3.97. The molecule has 168 valence electrons. The Labute approximate surface area is 194 Å². The van der Waals surface area contributed by atoms with Gasteiger partial charge in [-0.2, -0.15) is 0 Å². The fraction of sp³-hybridized carbons (Fsp3) is 0.320. The third-order valence-electron chi connectivity index (χ3n) is 5.19. The first-order chi connectivity index (χ1) is 15.4. The minimum Gasteiger partial charge on any atom is -0.483 e. The Hall–Kier alpha value is -3.06. The molecule has 6 nitrogen and oxygen atoms in total. The van der Waals surface area contributed by atoms with Gasteiger partial charge < -0.3 is 10.1 Å². The molecule has 0 aliphatic carbocycles. The van der Waals surface area contributed by atoms with Gasteiger partial charge in [0.15, 0.2) is 17.1 Å². The summed E-state index contributed by atoms with van der Waals surface area (Å²) in [6.45, 7) is 12.5. The third-order valence-corrected chi connectivity index (χ3v) is 6.15.